The number of rotatable bonds is 5. The number of carbonyl (C=O) groups excluding carboxylic acids is 2. The molecule has 0 aliphatic heterocycles. The minimum absolute atomic E-state index is 0.176. The summed E-state index contributed by atoms with van der Waals surface area (Å²) < 4.78 is 16.8. The van der Waals surface area contributed by atoms with Crippen LogP contribution >= 0.6 is 0 Å². The van der Waals surface area contributed by atoms with Gasteiger partial charge in [0.15, 0.2) is 0 Å². The summed E-state index contributed by atoms with van der Waals surface area (Å²) in [5.74, 6) is -1.95. The lowest BCUT2D eigenvalue weighted by molar-refractivity contribution is -0.153. The summed E-state index contributed by atoms with van der Waals surface area (Å²) in [5.41, 5.74) is 5.70. The Kier molecular flexibility index (Phi) is 16.1. The van der Waals surface area contributed by atoms with Crippen LogP contribution < -0.4 is 5.73 Å². The van der Waals surface area contributed by atoms with Crippen LogP contribution in [-0.4, -0.2) is 29.3 Å². The molecule has 1 unspecified atom stereocenters. The minimum Gasteiger partial charge on any atom is -0.478 e. The number of esters is 1. The van der Waals surface area contributed by atoms with Crippen molar-refractivity contribution in [1.29, 1.82) is 0 Å². The first-order valence-corrected chi connectivity index (χ1v) is 6.72. The van der Waals surface area contributed by atoms with E-state index in [1.807, 2.05) is 0 Å². The largest absolute Gasteiger partial charge is 0.478 e. The fourth-order valence-corrected chi connectivity index (χ4v) is 0.410. The molecule has 0 spiro atoms. The molecule has 0 aromatic heterocycles. The van der Waals surface area contributed by atoms with Crippen molar-refractivity contribution >= 4 is 17.8 Å². The first kappa shape index (κ1) is 25.5. The molecule has 7 heteroatoms. The fraction of sp³-hybridized carbons (Fsp3) is 0.438. The zero-order chi connectivity index (χ0) is 19.2. The lowest BCUT2D eigenvalue weighted by Crippen LogP contribution is -2.13. The number of alkyl halides is 1. The number of amides is 1. The number of carboxylic acid groups (broad SMARTS) is 1. The summed E-state index contributed by atoms with van der Waals surface area (Å²) in [6.45, 7) is 14.4. The molecule has 0 rings (SSSR count). The molecule has 0 saturated carbocycles. The molecule has 0 radical (unpaired) electrons. The number of carboxylic acids is 1. The SMILES string of the molecule is C=C(C)C(=O)O.C=C(C)C(N)=O.CC=C(C)C(=O)OC(F)CC. The van der Waals surface area contributed by atoms with E-state index >= 15 is 0 Å². The van der Waals surface area contributed by atoms with Gasteiger partial charge in [-0.05, 0) is 27.7 Å². The number of allylic oxidation sites excluding steroid dienone is 1. The van der Waals surface area contributed by atoms with E-state index < -0.39 is 24.2 Å². The molecule has 0 aliphatic carbocycles. The average Bonchev–Trinajstić information content (AvgIpc) is 2.46. The maximum absolute atomic E-state index is 12.4. The Hall–Kier alpha value is -2.44. The smallest absolute Gasteiger partial charge is 0.335 e. The molecule has 0 saturated heterocycles. The van der Waals surface area contributed by atoms with Gasteiger partial charge in [0.25, 0.3) is 0 Å². The number of primary amides is 1. The van der Waals surface area contributed by atoms with Gasteiger partial charge in [0.2, 0.25) is 12.3 Å². The second kappa shape index (κ2) is 14.5. The van der Waals surface area contributed by atoms with Gasteiger partial charge in [0, 0.05) is 23.1 Å². The van der Waals surface area contributed by atoms with Gasteiger partial charge in [-0.2, -0.15) is 0 Å². The standard InChI is InChI=1S/C8H13FO2.C4H7NO.C4H6O2/c1-4-6(3)8(10)11-7(9)5-2;2*1-3(2)4(5)6/h4,7H,5H2,1-3H3;1H2,2H3,(H2,5,6);1H2,2H3,(H,5,6). The van der Waals surface area contributed by atoms with Crippen molar-refractivity contribution in [2.24, 2.45) is 5.73 Å². The van der Waals surface area contributed by atoms with E-state index in [9.17, 15) is 18.8 Å². The second-order valence-electron chi connectivity index (χ2n) is 4.43. The summed E-state index contributed by atoms with van der Waals surface area (Å²) in [6, 6.07) is 0. The van der Waals surface area contributed by atoms with Crippen LogP contribution in [0.2, 0.25) is 0 Å². The number of halogens is 1. The van der Waals surface area contributed by atoms with Gasteiger partial charge < -0.3 is 15.6 Å². The molecule has 0 fully saturated rings. The van der Waals surface area contributed by atoms with Gasteiger partial charge in [-0.3, -0.25) is 4.79 Å². The van der Waals surface area contributed by atoms with Crippen LogP contribution in [0, 0.1) is 0 Å². The maximum atomic E-state index is 12.4. The number of hydrogen-bond acceptors (Lipinski definition) is 4. The third-order valence-corrected chi connectivity index (χ3v) is 2.10. The van der Waals surface area contributed by atoms with Crippen LogP contribution in [0.25, 0.3) is 0 Å². The first-order valence-electron chi connectivity index (χ1n) is 6.72. The highest BCUT2D eigenvalue weighted by atomic mass is 19.1. The van der Waals surface area contributed by atoms with Gasteiger partial charge in [0.1, 0.15) is 0 Å². The van der Waals surface area contributed by atoms with Crippen LogP contribution in [0.1, 0.15) is 41.0 Å². The fourth-order valence-electron chi connectivity index (χ4n) is 0.410. The zero-order valence-electron chi connectivity index (χ0n) is 14.3. The predicted molar refractivity (Wildman–Crippen MR) is 87.2 cm³/mol. The Labute approximate surface area is 136 Å². The first-order chi connectivity index (χ1) is 10.4. The lowest BCUT2D eigenvalue weighted by atomic mass is 10.3. The van der Waals surface area contributed by atoms with Gasteiger partial charge >= 0.3 is 11.9 Å². The third-order valence-electron chi connectivity index (χ3n) is 2.10. The van der Waals surface area contributed by atoms with Gasteiger partial charge in [-0.25, -0.2) is 14.0 Å². The summed E-state index contributed by atoms with van der Waals surface area (Å²) in [7, 11) is 0. The predicted octanol–water partition coefficient (Wildman–Crippen LogP) is 2.90. The molecular weight excluding hydrogens is 305 g/mol. The molecule has 0 heterocycles. The second-order valence-corrected chi connectivity index (χ2v) is 4.43. The Bertz CT molecular complexity index is 421. The van der Waals surface area contributed by atoms with E-state index in [0.29, 0.717) is 11.1 Å². The lowest BCUT2D eigenvalue weighted by Gasteiger charge is -2.06. The highest BCUT2D eigenvalue weighted by Crippen LogP contribution is 2.04. The number of carbonyl (C=O) groups is 3. The van der Waals surface area contributed by atoms with Gasteiger partial charge in [0.05, 0.1) is 0 Å². The summed E-state index contributed by atoms with van der Waals surface area (Å²) >= 11 is 0. The van der Waals surface area contributed by atoms with E-state index in [4.69, 9.17) is 10.8 Å². The maximum Gasteiger partial charge on any atom is 0.335 e. The van der Waals surface area contributed by atoms with E-state index in [1.54, 1.807) is 33.8 Å². The Balaban J connectivity index is -0.000000284. The molecule has 3 N–H and O–H groups in total. The van der Waals surface area contributed by atoms with Crippen molar-refractivity contribution in [2.75, 3.05) is 0 Å². The summed E-state index contributed by atoms with van der Waals surface area (Å²) in [6.07, 6.45) is 0.311. The van der Waals surface area contributed by atoms with Crippen molar-refractivity contribution in [3.63, 3.8) is 0 Å². The van der Waals surface area contributed by atoms with E-state index in [2.05, 4.69) is 17.9 Å². The summed E-state index contributed by atoms with van der Waals surface area (Å²) in [4.78, 5) is 30.2. The Morgan fingerprint density at radius 1 is 1.22 bits per heavy atom. The molecular formula is C16H26FNO5. The number of nitrogens with two attached hydrogens (primary N) is 1. The van der Waals surface area contributed by atoms with E-state index in [-0.39, 0.29) is 12.0 Å². The average molecular weight is 331 g/mol. The molecule has 0 bridgehead atoms. The third kappa shape index (κ3) is 19.6. The highest BCUT2D eigenvalue weighted by molar-refractivity contribution is 5.90. The van der Waals surface area contributed by atoms with Crippen molar-refractivity contribution in [2.45, 2.75) is 47.4 Å². The monoisotopic (exact) mass is 331 g/mol. The van der Waals surface area contributed by atoms with Crippen LogP contribution in [-0.2, 0) is 19.1 Å². The van der Waals surface area contributed by atoms with E-state index in [0.717, 1.165) is 0 Å². The Morgan fingerprint density at radius 3 is 1.74 bits per heavy atom. The van der Waals surface area contributed by atoms with Crippen LogP contribution in [0.15, 0.2) is 36.0 Å². The molecule has 0 aromatic carbocycles. The zero-order valence-corrected chi connectivity index (χ0v) is 14.3. The number of ether oxygens (including phenoxy) is 1. The van der Waals surface area contributed by atoms with Gasteiger partial charge in [-0.1, -0.05) is 26.2 Å². The van der Waals surface area contributed by atoms with Crippen LogP contribution in [0.5, 0.6) is 0 Å². The molecule has 1 atom stereocenters. The summed E-state index contributed by atoms with van der Waals surface area (Å²) in [5, 5.41) is 7.89. The van der Waals surface area contributed by atoms with Crippen LogP contribution in [0.4, 0.5) is 4.39 Å². The molecule has 6 nitrogen and oxygen atoms in total. The van der Waals surface area contributed by atoms with Gasteiger partial charge in [-0.15, -0.1) is 0 Å². The Morgan fingerprint density at radius 2 is 1.57 bits per heavy atom. The molecule has 23 heavy (non-hydrogen) atoms. The molecule has 132 valence electrons. The number of hydrogen-bond donors (Lipinski definition) is 2. The quantitative estimate of drug-likeness (QED) is 0.595. The normalized spacial score (nSPS) is 10.8. The van der Waals surface area contributed by atoms with Crippen molar-refractivity contribution in [3.05, 3.63) is 36.0 Å². The van der Waals surface area contributed by atoms with Crippen molar-refractivity contribution in [3.8, 4) is 0 Å². The highest BCUT2D eigenvalue weighted by Gasteiger charge is 2.10. The molecule has 1 amide bonds. The van der Waals surface area contributed by atoms with Crippen molar-refractivity contribution in [1.82, 2.24) is 0 Å². The van der Waals surface area contributed by atoms with E-state index in [1.165, 1.54) is 6.92 Å². The van der Waals surface area contributed by atoms with Crippen molar-refractivity contribution < 1.29 is 28.6 Å². The number of aliphatic carboxylic acids is 1. The minimum atomic E-state index is -1.47. The molecule has 0 aliphatic rings. The topological polar surface area (TPSA) is 107 Å². The molecule has 0 aromatic rings. The van der Waals surface area contributed by atoms with Crippen LogP contribution in [0.3, 0.4) is 0 Å².